The summed E-state index contributed by atoms with van der Waals surface area (Å²) in [5, 5.41) is 20.8. The molecule has 0 bridgehead atoms. The molecule has 1 heterocycles. The molecule has 3 aromatic carbocycles. The standard InChI is InChI=1S/C31H31N3O4S/c1-21-8-6-7-11-25(21)27-20-22(13-16-26(27)30(35)32-28(31(36)37)18-19-39-2)12-14-23-15-17-29(34-33-23)38-24-9-4-3-5-10-24/h3-11,13,15-17,20,28H,12,14,18-19H2,1-2H3,(H,32,35)(H,36,37)/t28-/m0/s1. The molecule has 0 aliphatic carbocycles. The van der Waals surface area contributed by atoms with E-state index in [0.29, 0.717) is 42.2 Å². The summed E-state index contributed by atoms with van der Waals surface area (Å²) >= 11 is 1.55. The second kappa shape index (κ2) is 13.6. The van der Waals surface area contributed by atoms with Gasteiger partial charge in [-0.1, -0.05) is 54.6 Å². The number of hydrogen-bond donors (Lipinski definition) is 2. The number of para-hydroxylation sites is 1. The largest absolute Gasteiger partial charge is 0.480 e. The van der Waals surface area contributed by atoms with Crippen molar-refractivity contribution in [3.63, 3.8) is 0 Å². The Morgan fingerprint density at radius 2 is 1.69 bits per heavy atom. The fraction of sp³-hybridized carbons (Fsp3) is 0.226. The van der Waals surface area contributed by atoms with Crippen molar-refractivity contribution in [3.05, 3.63) is 107 Å². The number of hydrogen-bond acceptors (Lipinski definition) is 6. The highest BCUT2D eigenvalue weighted by Crippen LogP contribution is 2.29. The van der Waals surface area contributed by atoms with Crippen LogP contribution in [0, 0.1) is 6.92 Å². The molecule has 0 saturated heterocycles. The molecule has 0 fully saturated rings. The van der Waals surface area contributed by atoms with E-state index < -0.39 is 17.9 Å². The van der Waals surface area contributed by atoms with E-state index in [9.17, 15) is 14.7 Å². The van der Waals surface area contributed by atoms with E-state index in [1.165, 1.54) is 0 Å². The van der Waals surface area contributed by atoms with E-state index in [2.05, 4.69) is 15.5 Å². The maximum absolute atomic E-state index is 13.3. The van der Waals surface area contributed by atoms with Crippen molar-refractivity contribution in [1.82, 2.24) is 15.5 Å². The van der Waals surface area contributed by atoms with Crippen molar-refractivity contribution in [1.29, 1.82) is 0 Å². The minimum atomic E-state index is -1.03. The maximum Gasteiger partial charge on any atom is 0.326 e. The summed E-state index contributed by atoms with van der Waals surface area (Å²) < 4.78 is 5.72. The Kier molecular flexibility index (Phi) is 9.69. The highest BCUT2D eigenvalue weighted by Gasteiger charge is 2.22. The van der Waals surface area contributed by atoms with Crippen molar-refractivity contribution in [2.24, 2.45) is 0 Å². The summed E-state index contributed by atoms with van der Waals surface area (Å²) in [6.07, 6.45) is 3.62. The Morgan fingerprint density at radius 3 is 2.38 bits per heavy atom. The van der Waals surface area contributed by atoms with Crippen LogP contribution >= 0.6 is 11.8 Å². The Morgan fingerprint density at radius 1 is 0.923 bits per heavy atom. The summed E-state index contributed by atoms with van der Waals surface area (Å²) in [5.74, 6) is 0.343. The molecule has 0 aliphatic heterocycles. The van der Waals surface area contributed by atoms with E-state index in [4.69, 9.17) is 4.74 Å². The number of aryl methyl sites for hydroxylation is 3. The van der Waals surface area contributed by atoms with E-state index in [-0.39, 0.29) is 0 Å². The fourth-order valence-corrected chi connectivity index (χ4v) is 4.66. The quantitative estimate of drug-likeness (QED) is 0.228. The second-order valence-corrected chi connectivity index (χ2v) is 10.1. The predicted octanol–water partition coefficient (Wildman–Crippen LogP) is 5.97. The van der Waals surface area contributed by atoms with Crippen LogP contribution in [0.25, 0.3) is 11.1 Å². The monoisotopic (exact) mass is 541 g/mol. The van der Waals surface area contributed by atoms with Crippen molar-refractivity contribution in [2.75, 3.05) is 12.0 Å². The summed E-state index contributed by atoms with van der Waals surface area (Å²) in [6, 6.07) is 25.8. The van der Waals surface area contributed by atoms with Crippen molar-refractivity contribution < 1.29 is 19.4 Å². The van der Waals surface area contributed by atoms with Gasteiger partial charge in [0, 0.05) is 11.6 Å². The van der Waals surface area contributed by atoms with Gasteiger partial charge in [0.2, 0.25) is 5.88 Å². The summed E-state index contributed by atoms with van der Waals surface area (Å²) in [5.41, 5.74) is 5.05. The molecule has 7 nitrogen and oxygen atoms in total. The molecule has 2 N–H and O–H groups in total. The fourth-order valence-electron chi connectivity index (χ4n) is 4.19. The molecule has 0 unspecified atom stereocenters. The highest BCUT2D eigenvalue weighted by molar-refractivity contribution is 7.98. The number of amides is 1. The average Bonchev–Trinajstić information content (AvgIpc) is 2.95. The number of thioether (sulfide) groups is 1. The average molecular weight is 542 g/mol. The Hall–Kier alpha value is -4.17. The SMILES string of the molecule is CSCC[C@H](NC(=O)c1ccc(CCc2ccc(Oc3ccccc3)nn2)cc1-c1ccccc1C)C(=O)O. The minimum Gasteiger partial charge on any atom is -0.480 e. The van der Waals surface area contributed by atoms with Gasteiger partial charge in [0.25, 0.3) is 5.91 Å². The van der Waals surface area contributed by atoms with Gasteiger partial charge in [-0.2, -0.15) is 16.9 Å². The number of carbonyl (C=O) groups excluding carboxylic acids is 1. The third-order valence-electron chi connectivity index (χ3n) is 6.31. The number of benzene rings is 3. The second-order valence-electron chi connectivity index (χ2n) is 9.12. The first-order valence-electron chi connectivity index (χ1n) is 12.7. The lowest BCUT2D eigenvalue weighted by Gasteiger charge is -2.17. The third-order valence-corrected chi connectivity index (χ3v) is 6.95. The third kappa shape index (κ3) is 7.67. The highest BCUT2D eigenvalue weighted by atomic mass is 32.2. The van der Waals surface area contributed by atoms with Crippen LogP contribution in [-0.2, 0) is 17.6 Å². The van der Waals surface area contributed by atoms with Gasteiger partial charge in [-0.05, 0) is 84.7 Å². The summed E-state index contributed by atoms with van der Waals surface area (Å²) in [7, 11) is 0. The number of aliphatic carboxylic acids is 1. The van der Waals surface area contributed by atoms with Gasteiger partial charge >= 0.3 is 5.97 Å². The van der Waals surface area contributed by atoms with Crippen molar-refractivity contribution in [3.8, 4) is 22.8 Å². The van der Waals surface area contributed by atoms with Gasteiger partial charge in [-0.25, -0.2) is 4.79 Å². The predicted molar refractivity (Wildman–Crippen MR) is 154 cm³/mol. The van der Waals surface area contributed by atoms with Gasteiger partial charge in [-0.15, -0.1) is 5.10 Å². The van der Waals surface area contributed by atoms with Gasteiger partial charge < -0.3 is 15.2 Å². The Labute approximate surface area is 232 Å². The molecule has 200 valence electrons. The van der Waals surface area contributed by atoms with E-state index >= 15 is 0 Å². The molecule has 0 spiro atoms. The van der Waals surface area contributed by atoms with Crippen LogP contribution in [0.3, 0.4) is 0 Å². The number of nitrogens with zero attached hydrogens (tertiary/aromatic N) is 2. The molecule has 4 rings (SSSR count). The lowest BCUT2D eigenvalue weighted by Crippen LogP contribution is -2.41. The Balaban J connectivity index is 1.52. The minimum absolute atomic E-state index is 0.357. The van der Waals surface area contributed by atoms with E-state index in [1.54, 1.807) is 23.9 Å². The molecule has 4 aromatic rings. The summed E-state index contributed by atoms with van der Waals surface area (Å²) in [6.45, 7) is 2.00. The molecule has 39 heavy (non-hydrogen) atoms. The molecule has 0 radical (unpaired) electrons. The molecule has 1 atom stereocenters. The molecule has 0 aliphatic rings. The number of carbonyl (C=O) groups is 2. The smallest absolute Gasteiger partial charge is 0.326 e. The number of aromatic nitrogens is 2. The van der Waals surface area contributed by atoms with Crippen molar-refractivity contribution in [2.45, 2.75) is 32.2 Å². The van der Waals surface area contributed by atoms with Crippen LogP contribution in [0.5, 0.6) is 11.6 Å². The first kappa shape index (κ1) is 27.9. The lowest BCUT2D eigenvalue weighted by atomic mass is 9.92. The zero-order chi connectivity index (χ0) is 27.6. The van der Waals surface area contributed by atoms with Gasteiger partial charge in [0.15, 0.2) is 0 Å². The van der Waals surface area contributed by atoms with Gasteiger partial charge in [0.1, 0.15) is 11.8 Å². The van der Waals surface area contributed by atoms with E-state index in [0.717, 1.165) is 27.9 Å². The molecular weight excluding hydrogens is 510 g/mol. The topological polar surface area (TPSA) is 101 Å². The molecular formula is C31H31N3O4S. The van der Waals surface area contributed by atoms with Crippen LogP contribution in [0.2, 0.25) is 0 Å². The van der Waals surface area contributed by atoms with Crippen LogP contribution < -0.4 is 10.1 Å². The first-order valence-corrected chi connectivity index (χ1v) is 14.1. The Bertz CT molecular complexity index is 1410. The van der Waals surface area contributed by atoms with Gasteiger partial charge in [-0.3, -0.25) is 4.79 Å². The number of carboxylic acids is 1. The lowest BCUT2D eigenvalue weighted by molar-refractivity contribution is -0.139. The maximum atomic E-state index is 13.3. The normalized spacial score (nSPS) is 11.5. The number of nitrogens with one attached hydrogen (secondary N) is 1. The van der Waals surface area contributed by atoms with Crippen molar-refractivity contribution >= 4 is 23.6 Å². The van der Waals surface area contributed by atoms with Crippen LogP contribution in [0.1, 0.15) is 33.6 Å². The zero-order valence-corrected chi connectivity index (χ0v) is 22.8. The zero-order valence-electron chi connectivity index (χ0n) is 22.0. The number of carboxylic acid groups (broad SMARTS) is 1. The molecule has 1 amide bonds. The molecule has 8 heteroatoms. The van der Waals surface area contributed by atoms with Gasteiger partial charge in [0.05, 0.1) is 5.69 Å². The van der Waals surface area contributed by atoms with Crippen LogP contribution in [0.4, 0.5) is 0 Å². The summed E-state index contributed by atoms with van der Waals surface area (Å²) in [4.78, 5) is 25.0. The van der Waals surface area contributed by atoms with Crippen LogP contribution in [0.15, 0.2) is 84.9 Å². The first-order chi connectivity index (χ1) is 18.9. The number of rotatable bonds is 12. The molecule has 1 aromatic heterocycles. The molecule has 0 saturated carbocycles. The number of ether oxygens (including phenoxy) is 1. The van der Waals surface area contributed by atoms with E-state index in [1.807, 2.05) is 86.0 Å². The van der Waals surface area contributed by atoms with Crippen LogP contribution in [-0.4, -0.2) is 45.2 Å².